The number of carbonyl (C=O) groups excluding carboxylic acids is 2. The molecule has 0 saturated heterocycles. The Morgan fingerprint density at radius 2 is 1.83 bits per heavy atom. The number of thioether (sulfide) groups is 1. The van der Waals surface area contributed by atoms with Gasteiger partial charge in [-0.2, -0.15) is 0 Å². The minimum absolute atomic E-state index is 0.110. The normalized spacial score (nSPS) is 13.9. The number of nitrogens with one attached hydrogen (secondary N) is 1. The summed E-state index contributed by atoms with van der Waals surface area (Å²) in [5.41, 5.74) is 3.45. The quantitative estimate of drug-likeness (QED) is 0.403. The number of rotatable bonds is 6. The standard InChI is InChI=1S/C21H27N3O3S2/c1-13-12-14(2)23-21(22-13)28-11-10-17(25)24-19-18(20(26)27-3)15-8-6-4-5-7-9-16(15)29-19/h12H,4-11H2,1-3H3,(H,24,25). The number of fused-ring (bicyclic) bond motifs is 1. The van der Waals surface area contributed by atoms with E-state index in [1.165, 1.54) is 47.9 Å². The summed E-state index contributed by atoms with van der Waals surface area (Å²) in [6.07, 6.45) is 6.72. The van der Waals surface area contributed by atoms with Gasteiger partial charge in [0.2, 0.25) is 5.91 Å². The number of amides is 1. The Morgan fingerprint density at radius 3 is 2.52 bits per heavy atom. The largest absolute Gasteiger partial charge is 0.465 e. The van der Waals surface area contributed by atoms with Crippen LogP contribution in [-0.2, 0) is 22.4 Å². The van der Waals surface area contributed by atoms with Crippen molar-refractivity contribution in [2.75, 3.05) is 18.2 Å². The number of anilines is 1. The van der Waals surface area contributed by atoms with Gasteiger partial charge in [0.1, 0.15) is 5.00 Å². The van der Waals surface area contributed by atoms with Gasteiger partial charge in [0, 0.05) is 28.4 Å². The van der Waals surface area contributed by atoms with Crippen LogP contribution in [0.2, 0.25) is 0 Å². The molecule has 2 aromatic rings. The highest BCUT2D eigenvalue weighted by Crippen LogP contribution is 2.37. The fourth-order valence-corrected chi connectivity index (χ4v) is 5.69. The van der Waals surface area contributed by atoms with Crippen LogP contribution in [0.25, 0.3) is 0 Å². The van der Waals surface area contributed by atoms with Crippen molar-refractivity contribution >= 4 is 40.0 Å². The van der Waals surface area contributed by atoms with E-state index in [2.05, 4.69) is 15.3 Å². The molecule has 0 unspecified atom stereocenters. The molecule has 1 aliphatic rings. The molecule has 1 aliphatic carbocycles. The van der Waals surface area contributed by atoms with Crippen molar-refractivity contribution in [1.82, 2.24) is 9.97 Å². The van der Waals surface area contributed by atoms with Gasteiger partial charge in [-0.25, -0.2) is 14.8 Å². The summed E-state index contributed by atoms with van der Waals surface area (Å²) in [7, 11) is 1.39. The van der Waals surface area contributed by atoms with Crippen LogP contribution in [0.3, 0.4) is 0 Å². The maximum absolute atomic E-state index is 12.5. The van der Waals surface area contributed by atoms with Gasteiger partial charge in [0.25, 0.3) is 0 Å². The Labute approximate surface area is 179 Å². The number of carbonyl (C=O) groups is 2. The number of aryl methyl sites for hydroxylation is 3. The van der Waals surface area contributed by atoms with E-state index < -0.39 is 0 Å². The number of methoxy groups -OCH3 is 1. The molecule has 0 bridgehead atoms. The van der Waals surface area contributed by atoms with E-state index in [9.17, 15) is 9.59 Å². The van der Waals surface area contributed by atoms with Crippen molar-refractivity contribution < 1.29 is 14.3 Å². The summed E-state index contributed by atoms with van der Waals surface area (Å²) in [6, 6.07) is 1.92. The van der Waals surface area contributed by atoms with Gasteiger partial charge in [-0.1, -0.05) is 24.6 Å². The Kier molecular flexibility index (Phi) is 7.66. The smallest absolute Gasteiger partial charge is 0.341 e. The van der Waals surface area contributed by atoms with Crippen molar-refractivity contribution in [1.29, 1.82) is 0 Å². The van der Waals surface area contributed by atoms with Crippen LogP contribution >= 0.6 is 23.1 Å². The predicted molar refractivity (Wildman–Crippen MR) is 117 cm³/mol. The third-order valence-corrected chi connectivity index (χ3v) is 6.89. The molecule has 2 aromatic heterocycles. The summed E-state index contributed by atoms with van der Waals surface area (Å²) < 4.78 is 5.01. The Morgan fingerprint density at radius 1 is 1.14 bits per heavy atom. The molecule has 2 heterocycles. The predicted octanol–water partition coefficient (Wildman–Crippen LogP) is 4.72. The van der Waals surface area contributed by atoms with E-state index in [-0.39, 0.29) is 11.9 Å². The number of aromatic nitrogens is 2. The van der Waals surface area contributed by atoms with Crippen molar-refractivity contribution in [3.05, 3.63) is 33.5 Å². The van der Waals surface area contributed by atoms with Gasteiger partial charge >= 0.3 is 5.97 Å². The first-order valence-corrected chi connectivity index (χ1v) is 11.8. The molecule has 0 radical (unpaired) electrons. The lowest BCUT2D eigenvalue weighted by Crippen LogP contribution is -2.15. The molecule has 3 rings (SSSR count). The number of nitrogens with zero attached hydrogens (tertiary/aromatic N) is 2. The highest BCUT2D eigenvalue weighted by molar-refractivity contribution is 7.99. The van der Waals surface area contributed by atoms with Crippen molar-refractivity contribution in [3.63, 3.8) is 0 Å². The van der Waals surface area contributed by atoms with Gasteiger partial charge in [-0.05, 0) is 51.2 Å². The monoisotopic (exact) mass is 433 g/mol. The van der Waals surface area contributed by atoms with Crippen LogP contribution in [0.5, 0.6) is 0 Å². The molecule has 0 fully saturated rings. The second kappa shape index (κ2) is 10.2. The fourth-order valence-electron chi connectivity index (χ4n) is 3.51. The van der Waals surface area contributed by atoms with E-state index in [0.717, 1.165) is 42.6 Å². The average Bonchev–Trinajstić information content (AvgIpc) is 2.96. The van der Waals surface area contributed by atoms with Gasteiger partial charge in [-0.15, -0.1) is 11.3 Å². The maximum atomic E-state index is 12.5. The first kappa shape index (κ1) is 21.8. The summed E-state index contributed by atoms with van der Waals surface area (Å²) >= 11 is 2.99. The SMILES string of the molecule is COC(=O)c1c(NC(=O)CCSc2nc(C)cc(C)n2)sc2c1CCCCCC2. The molecule has 0 saturated carbocycles. The van der Waals surface area contributed by atoms with E-state index in [0.29, 0.717) is 27.9 Å². The number of esters is 1. The third-order valence-electron chi connectivity index (χ3n) is 4.84. The fraction of sp³-hybridized carbons (Fsp3) is 0.524. The van der Waals surface area contributed by atoms with Gasteiger partial charge in [0.05, 0.1) is 12.7 Å². The zero-order valence-corrected chi connectivity index (χ0v) is 18.8. The number of hydrogen-bond donors (Lipinski definition) is 1. The second-order valence-corrected chi connectivity index (χ2v) is 9.36. The zero-order chi connectivity index (χ0) is 20.8. The minimum Gasteiger partial charge on any atom is -0.465 e. The lowest BCUT2D eigenvalue weighted by molar-refractivity contribution is -0.115. The van der Waals surface area contributed by atoms with Crippen molar-refractivity contribution in [2.45, 2.75) is 63.9 Å². The second-order valence-electron chi connectivity index (χ2n) is 7.19. The molecular weight excluding hydrogens is 406 g/mol. The molecule has 1 N–H and O–H groups in total. The van der Waals surface area contributed by atoms with E-state index >= 15 is 0 Å². The summed E-state index contributed by atoms with van der Waals surface area (Å²) in [4.78, 5) is 34.9. The summed E-state index contributed by atoms with van der Waals surface area (Å²) in [5.74, 6) is 0.102. The first-order chi connectivity index (χ1) is 14.0. The number of ether oxygens (including phenoxy) is 1. The van der Waals surface area contributed by atoms with Crippen LogP contribution in [0, 0.1) is 13.8 Å². The molecule has 0 aliphatic heterocycles. The molecule has 29 heavy (non-hydrogen) atoms. The van der Waals surface area contributed by atoms with Crippen LogP contribution < -0.4 is 5.32 Å². The van der Waals surface area contributed by atoms with Crippen LogP contribution in [0.4, 0.5) is 5.00 Å². The lowest BCUT2D eigenvalue weighted by Gasteiger charge is -2.11. The summed E-state index contributed by atoms with van der Waals surface area (Å²) in [6.45, 7) is 3.87. The molecule has 6 nitrogen and oxygen atoms in total. The highest BCUT2D eigenvalue weighted by Gasteiger charge is 2.25. The van der Waals surface area contributed by atoms with Crippen LogP contribution in [0.1, 0.15) is 64.3 Å². The number of thiophene rings is 1. The molecule has 8 heteroatoms. The third kappa shape index (κ3) is 5.79. The molecule has 1 amide bonds. The molecular formula is C21H27N3O3S2. The first-order valence-electron chi connectivity index (χ1n) is 9.95. The average molecular weight is 434 g/mol. The van der Waals surface area contributed by atoms with Crippen molar-refractivity contribution in [3.8, 4) is 0 Å². The van der Waals surface area contributed by atoms with E-state index in [1.54, 1.807) is 0 Å². The molecule has 156 valence electrons. The maximum Gasteiger partial charge on any atom is 0.341 e. The van der Waals surface area contributed by atoms with Gasteiger partial charge in [-0.3, -0.25) is 4.79 Å². The molecule has 0 spiro atoms. The Bertz CT molecular complexity index is 875. The van der Waals surface area contributed by atoms with Crippen molar-refractivity contribution in [2.24, 2.45) is 0 Å². The topological polar surface area (TPSA) is 81.2 Å². The highest BCUT2D eigenvalue weighted by atomic mass is 32.2. The molecule has 0 aromatic carbocycles. The van der Waals surface area contributed by atoms with Gasteiger partial charge in [0.15, 0.2) is 5.16 Å². The number of hydrogen-bond acceptors (Lipinski definition) is 7. The van der Waals surface area contributed by atoms with E-state index in [1.807, 2.05) is 19.9 Å². The zero-order valence-electron chi connectivity index (χ0n) is 17.2. The minimum atomic E-state index is -0.364. The Balaban J connectivity index is 1.67. The van der Waals surface area contributed by atoms with Crippen LogP contribution in [0.15, 0.2) is 11.2 Å². The van der Waals surface area contributed by atoms with Gasteiger partial charge < -0.3 is 10.1 Å². The van der Waals surface area contributed by atoms with E-state index in [4.69, 9.17) is 4.74 Å². The Hall–Kier alpha value is -1.93. The lowest BCUT2D eigenvalue weighted by atomic mass is 9.96. The van der Waals surface area contributed by atoms with Crippen LogP contribution in [-0.4, -0.2) is 34.7 Å². The molecule has 0 atom stereocenters. The summed E-state index contributed by atoms with van der Waals surface area (Å²) in [5, 5.41) is 4.27.